The third-order valence-corrected chi connectivity index (χ3v) is 3.57. The second-order valence-corrected chi connectivity index (χ2v) is 5.44. The van der Waals surface area contributed by atoms with Crippen LogP contribution < -0.4 is 0 Å². The summed E-state index contributed by atoms with van der Waals surface area (Å²) in [6.07, 6.45) is -5.09. The summed E-state index contributed by atoms with van der Waals surface area (Å²) in [5, 5.41) is 10.8. The largest absolute Gasteiger partial charge is 0.408 e. The zero-order valence-corrected chi connectivity index (χ0v) is 12.6. The number of hydroxylamine groups is 2. The van der Waals surface area contributed by atoms with Crippen molar-refractivity contribution in [1.29, 1.82) is 0 Å². The van der Waals surface area contributed by atoms with E-state index in [1.807, 2.05) is 0 Å². The van der Waals surface area contributed by atoms with Crippen molar-refractivity contribution >= 4 is 29.0 Å². The first-order valence-corrected chi connectivity index (χ1v) is 6.94. The van der Waals surface area contributed by atoms with Crippen LogP contribution in [0.5, 0.6) is 0 Å². The number of halogens is 4. The van der Waals surface area contributed by atoms with Gasteiger partial charge in [0.15, 0.2) is 5.78 Å². The van der Waals surface area contributed by atoms with Gasteiger partial charge in [0.25, 0.3) is 11.6 Å². The fourth-order valence-electron chi connectivity index (χ4n) is 2.13. The van der Waals surface area contributed by atoms with Gasteiger partial charge in [0.1, 0.15) is 6.54 Å². The third-order valence-electron chi connectivity index (χ3n) is 3.24. The summed E-state index contributed by atoms with van der Waals surface area (Å²) in [6, 6.07) is 3.22. The first-order chi connectivity index (χ1) is 11.1. The van der Waals surface area contributed by atoms with Gasteiger partial charge < -0.3 is 0 Å². The fourth-order valence-corrected chi connectivity index (χ4v) is 2.35. The van der Waals surface area contributed by atoms with E-state index < -0.39 is 41.7 Å². The van der Waals surface area contributed by atoms with Crippen LogP contribution in [0.25, 0.3) is 0 Å². The number of nitro benzene ring substituents is 1. The van der Waals surface area contributed by atoms with Gasteiger partial charge in [-0.05, 0) is 6.07 Å². The Morgan fingerprint density at radius 2 is 2.12 bits per heavy atom. The molecule has 2 rings (SSSR count). The molecule has 7 nitrogen and oxygen atoms in total. The van der Waals surface area contributed by atoms with Crippen LogP contribution in [0.3, 0.4) is 0 Å². The van der Waals surface area contributed by atoms with Crippen LogP contribution >= 0.6 is 11.6 Å². The topological polar surface area (TPSA) is 89.8 Å². The van der Waals surface area contributed by atoms with Crippen LogP contribution in [0.15, 0.2) is 18.2 Å². The maximum atomic E-state index is 12.3. The Bertz CT molecular complexity index is 695. The highest BCUT2D eigenvalue weighted by atomic mass is 35.5. The summed E-state index contributed by atoms with van der Waals surface area (Å²) in [6.45, 7) is -1.96. The Morgan fingerprint density at radius 3 is 2.71 bits per heavy atom. The lowest BCUT2D eigenvalue weighted by Gasteiger charge is -2.16. The van der Waals surface area contributed by atoms with Crippen LogP contribution in [-0.4, -0.2) is 41.0 Å². The van der Waals surface area contributed by atoms with E-state index in [0.717, 1.165) is 18.2 Å². The number of ketones is 1. The number of rotatable bonds is 5. The van der Waals surface area contributed by atoms with Crippen LogP contribution in [0.2, 0.25) is 5.02 Å². The van der Waals surface area contributed by atoms with Crippen molar-refractivity contribution in [2.75, 3.05) is 13.2 Å². The molecule has 130 valence electrons. The molecular formula is C13H10ClF3N2O5. The molecule has 1 aliphatic heterocycles. The Hall–Kier alpha value is -2.20. The Labute approximate surface area is 138 Å². The van der Waals surface area contributed by atoms with Crippen LogP contribution in [-0.2, 0) is 9.63 Å². The van der Waals surface area contributed by atoms with E-state index in [1.54, 1.807) is 0 Å². The highest BCUT2D eigenvalue weighted by molar-refractivity contribution is 6.34. The van der Waals surface area contributed by atoms with Gasteiger partial charge in [0, 0.05) is 24.1 Å². The number of hydrogen-bond acceptors (Lipinski definition) is 5. The van der Waals surface area contributed by atoms with Gasteiger partial charge in [-0.1, -0.05) is 11.6 Å². The number of amides is 1. The minimum absolute atomic E-state index is 0.0517. The molecule has 0 saturated carbocycles. The van der Waals surface area contributed by atoms with Gasteiger partial charge >= 0.3 is 6.18 Å². The second-order valence-electron chi connectivity index (χ2n) is 5.03. The summed E-state index contributed by atoms with van der Waals surface area (Å²) in [7, 11) is 0. The van der Waals surface area contributed by atoms with E-state index in [1.165, 1.54) is 0 Å². The number of non-ortho nitro benzene ring substituents is 1. The van der Waals surface area contributed by atoms with Crippen molar-refractivity contribution in [3.05, 3.63) is 38.9 Å². The Balaban J connectivity index is 2.09. The maximum Gasteiger partial charge on any atom is 0.408 e. The van der Waals surface area contributed by atoms with E-state index in [0.29, 0.717) is 0 Å². The minimum atomic E-state index is -4.63. The van der Waals surface area contributed by atoms with Gasteiger partial charge in [-0.2, -0.15) is 13.2 Å². The van der Waals surface area contributed by atoms with Gasteiger partial charge in [-0.15, -0.1) is 0 Å². The average molecular weight is 367 g/mol. The van der Waals surface area contributed by atoms with E-state index in [9.17, 15) is 32.9 Å². The van der Waals surface area contributed by atoms with Crippen molar-refractivity contribution in [2.45, 2.75) is 12.6 Å². The lowest BCUT2D eigenvalue weighted by atomic mass is 9.98. The molecule has 1 aromatic carbocycles. The highest BCUT2D eigenvalue weighted by Gasteiger charge is 2.41. The number of carbonyl (C=O) groups is 2. The van der Waals surface area contributed by atoms with Crippen molar-refractivity contribution in [3.8, 4) is 0 Å². The zero-order valence-electron chi connectivity index (χ0n) is 11.9. The third kappa shape index (κ3) is 4.20. The Morgan fingerprint density at radius 1 is 1.46 bits per heavy atom. The molecule has 24 heavy (non-hydrogen) atoms. The summed E-state index contributed by atoms with van der Waals surface area (Å²) in [5.74, 6) is -2.77. The average Bonchev–Trinajstić information content (AvgIpc) is 2.78. The van der Waals surface area contributed by atoms with E-state index >= 15 is 0 Å². The number of nitro groups is 1. The molecule has 0 unspecified atom stereocenters. The van der Waals surface area contributed by atoms with Crippen LogP contribution in [0, 0.1) is 16.0 Å². The quantitative estimate of drug-likeness (QED) is 0.454. The summed E-state index contributed by atoms with van der Waals surface area (Å²) in [5.41, 5.74) is -0.539. The molecular weight excluding hydrogens is 357 g/mol. The maximum absolute atomic E-state index is 12.3. The summed E-state index contributed by atoms with van der Waals surface area (Å²) >= 11 is 5.81. The number of nitrogens with zero attached hydrogens (tertiary/aromatic N) is 2. The summed E-state index contributed by atoms with van der Waals surface area (Å²) in [4.78, 5) is 38.7. The second kappa shape index (κ2) is 6.73. The zero-order chi connectivity index (χ0) is 18.1. The molecule has 1 amide bonds. The van der Waals surface area contributed by atoms with E-state index in [-0.39, 0.29) is 27.9 Å². The number of hydrogen-bond donors (Lipinski definition) is 0. The number of alkyl halides is 3. The van der Waals surface area contributed by atoms with Gasteiger partial charge in [0.2, 0.25) is 0 Å². The van der Waals surface area contributed by atoms with Crippen molar-refractivity contribution in [3.63, 3.8) is 0 Å². The molecule has 1 aliphatic rings. The first kappa shape index (κ1) is 18.1. The lowest BCUT2D eigenvalue weighted by molar-refractivity contribution is -0.384. The van der Waals surface area contributed by atoms with Crippen LogP contribution in [0.4, 0.5) is 18.9 Å². The molecule has 1 atom stereocenters. The molecule has 1 saturated heterocycles. The minimum Gasteiger partial charge on any atom is -0.294 e. The molecule has 0 aliphatic carbocycles. The molecule has 1 fully saturated rings. The fraction of sp³-hybridized carbons (Fsp3) is 0.385. The predicted molar refractivity (Wildman–Crippen MR) is 74.3 cm³/mol. The normalized spacial score (nSPS) is 18.1. The molecule has 0 N–H and O–H groups in total. The standard InChI is InChI=1S/C13H10ClF3N2O5/c14-10-2-1-8(19(22)23)4-9(10)11(20)3-7-5-24-18(12(7)21)6-13(15,16)17/h1-2,4,7H,3,5-6H2/t7-/m1/s1. The van der Waals surface area contributed by atoms with E-state index in [2.05, 4.69) is 4.84 Å². The molecule has 1 aromatic rings. The van der Waals surface area contributed by atoms with E-state index in [4.69, 9.17) is 11.6 Å². The number of carbonyl (C=O) groups excluding carboxylic acids is 2. The molecule has 0 radical (unpaired) electrons. The summed E-state index contributed by atoms with van der Waals surface area (Å²) < 4.78 is 36.9. The molecule has 0 spiro atoms. The van der Waals surface area contributed by atoms with Crippen molar-refractivity contribution < 1.29 is 32.5 Å². The smallest absolute Gasteiger partial charge is 0.294 e. The monoisotopic (exact) mass is 366 g/mol. The number of benzene rings is 1. The molecule has 11 heteroatoms. The SMILES string of the molecule is O=C(C[C@@H]1CON(CC(F)(F)F)C1=O)c1cc([N+](=O)[O-])ccc1Cl. The number of Topliss-reactive ketones (excluding diaryl/α,β-unsaturated/α-hetero) is 1. The first-order valence-electron chi connectivity index (χ1n) is 6.56. The highest BCUT2D eigenvalue weighted by Crippen LogP contribution is 2.28. The van der Waals surface area contributed by atoms with Crippen molar-refractivity contribution in [2.24, 2.45) is 5.92 Å². The molecule has 0 aromatic heterocycles. The lowest BCUT2D eigenvalue weighted by Crippen LogP contribution is -2.35. The Kier molecular flexibility index (Phi) is 5.09. The molecule has 1 heterocycles. The predicted octanol–water partition coefficient (Wildman–Crippen LogP) is 2.77. The molecule has 0 bridgehead atoms. The van der Waals surface area contributed by atoms with Gasteiger partial charge in [0.05, 0.1) is 22.5 Å². The van der Waals surface area contributed by atoms with Gasteiger partial charge in [-0.3, -0.25) is 24.5 Å². The van der Waals surface area contributed by atoms with Crippen molar-refractivity contribution in [1.82, 2.24) is 5.06 Å². The van der Waals surface area contributed by atoms with Gasteiger partial charge in [-0.25, -0.2) is 5.06 Å². The van der Waals surface area contributed by atoms with Crippen LogP contribution in [0.1, 0.15) is 16.8 Å².